The highest BCUT2D eigenvalue weighted by atomic mass is 79.9. The molecule has 16 heavy (non-hydrogen) atoms. The summed E-state index contributed by atoms with van der Waals surface area (Å²) in [5.41, 5.74) is 1.13. The van der Waals surface area contributed by atoms with Gasteiger partial charge in [-0.2, -0.15) is 0 Å². The minimum absolute atomic E-state index is 0.284. The number of benzene rings is 1. The van der Waals surface area contributed by atoms with Gasteiger partial charge in [0.15, 0.2) is 0 Å². The zero-order chi connectivity index (χ0) is 11.5. The standard InChI is InChI=1S/C12H9BrFNO/c13-11-9(4-1-5-10(11)14)12(16)8-3-2-6-15-7-8/h1-7,12,16H. The molecule has 1 atom stereocenters. The van der Waals surface area contributed by atoms with Gasteiger partial charge in [0.1, 0.15) is 11.9 Å². The molecule has 1 aromatic heterocycles. The summed E-state index contributed by atoms with van der Waals surface area (Å²) in [7, 11) is 0. The van der Waals surface area contributed by atoms with E-state index in [0.717, 1.165) is 0 Å². The van der Waals surface area contributed by atoms with Crippen LogP contribution >= 0.6 is 15.9 Å². The van der Waals surface area contributed by atoms with Crippen molar-refractivity contribution in [3.05, 3.63) is 64.1 Å². The van der Waals surface area contributed by atoms with Gasteiger partial charge in [0, 0.05) is 23.5 Å². The maximum atomic E-state index is 13.3. The molecule has 2 nitrogen and oxygen atoms in total. The van der Waals surface area contributed by atoms with E-state index < -0.39 is 6.10 Å². The predicted octanol–water partition coefficient (Wildman–Crippen LogP) is 3.06. The average Bonchev–Trinajstić information content (AvgIpc) is 2.33. The van der Waals surface area contributed by atoms with E-state index >= 15 is 0 Å². The highest BCUT2D eigenvalue weighted by molar-refractivity contribution is 9.10. The fraction of sp³-hybridized carbons (Fsp3) is 0.0833. The van der Waals surface area contributed by atoms with Crippen LogP contribution in [0.5, 0.6) is 0 Å². The lowest BCUT2D eigenvalue weighted by Crippen LogP contribution is -2.01. The Morgan fingerprint density at radius 2 is 2.06 bits per heavy atom. The largest absolute Gasteiger partial charge is 0.384 e. The highest BCUT2D eigenvalue weighted by Crippen LogP contribution is 2.29. The van der Waals surface area contributed by atoms with Crippen molar-refractivity contribution in [3.8, 4) is 0 Å². The van der Waals surface area contributed by atoms with Crippen LogP contribution in [0.2, 0.25) is 0 Å². The van der Waals surface area contributed by atoms with Gasteiger partial charge >= 0.3 is 0 Å². The Hall–Kier alpha value is -1.26. The van der Waals surface area contributed by atoms with E-state index in [1.54, 1.807) is 36.7 Å². The molecule has 0 radical (unpaired) electrons. The zero-order valence-corrected chi connectivity index (χ0v) is 9.86. The molecule has 0 aliphatic heterocycles. The van der Waals surface area contributed by atoms with Crippen LogP contribution in [0.15, 0.2) is 47.2 Å². The maximum Gasteiger partial charge on any atom is 0.137 e. The summed E-state index contributed by atoms with van der Waals surface area (Å²) in [5, 5.41) is 10.1. The second-order valence-electron chi connectivity index (χ2n) is 3.33. The van der Waals surface area contributed by atoms with Crippen molar-refractivity contribution >= 4 is 15.9 Å². The van der Waals surface area contributed by atoms with Crippen molar-refractivity contribution in [1.82, 2.24) is 4.98 Å². The van der Waals surface area contributed by atoms with E-state index in [-0.39, 0.29) is 10.3 Å². The lowest BCUT2D eigenvalue weighted by atomic mass is 10.0. The summed E-state index contributed by atoms with van der Waals surface area (Å²) in [5.74, 6) is -0.388. The number of hydrogen-bond acceptors (Lipinski definition) is 2. The van der Waals surface area contributed by atoms with Crippen LogP contribution in [0.1, 0.15) is 17.2 Å². The number of pyridine rings is 1. The summed E-state index contributed by atoms with van der Waals surface area (Å²) in [4.78, 5) is 3.91. The maximum absolute atomic E-state index is 13.3. The van der Waals surface area contributed by atoms with E-state index in [1.807, 2.05) is 0 Å². The van der Waals surface area contributed by atoms with Crippen LogP contribution in [-0.4, -0.2) is 10.1 Å². The molecule has 2 aromatic rings. The van der Waals surface area contributed by atoms with Crippen molar-refractivity contribution in [1.29, 1.82) is 0 Å². The van der Waals surface area contributed by atoms with Gasteiger partial charge in [0.2, 0.25) is 0 Å². The van der Waals surface area contributed by atoms with E-state index in [0.29, 0.717) is 11.1 Å². The van der Waals surface area contributed by atoms with Crippen LogP contribution in [0.3, 0.4) is 0 Å². The van der Waals surface area contributed by atoms with Gasteiger partial charge in [-0.1, -0.05) is 18.2 Å². The quantitative estimate of drug-likeness (QED) is 0.918. The smallest absolute Gasteiger partial charge is 0.137 e. The Balaban J connectivity index is 2.42. The third-order valence-corrected chi connectivity index (χ3v) is 3.11. The number of nitrogens with zero attached hydrogens (tertiary/aromatic N) is 1. The van der Waals surface area contributed by atoms with E-state index in [4.69, 9.17) is 0 Å². The molecule has 2 rings (SSSR count). The van der Waals surface area contributed by atoms with Gasteiger partial charge in [-0.25, -0.2) is 4.39 Å². The molecule has 0 spiro atoms. The third kappa shape index (κ3) is 2.13. The Bertz CT molecular complexity index is 490. The highest BCUT2D eigenvalue weighted by Gasteiger charge is 2.15. The van der Waals surface area contributed by atoms with Crippen LogP contribution in [0, 0.1) is 5.82 Å². The van der Waals surface area contributed by atoms with Crippen LogP contribution in [0.25, 0.3) is 0 Å². The summed E-state index contributed by atoms with van der Waals surface area (Å²) in [6.07, 6.45) is 2.30. The predicted molar refractivity (Wildman–Crippen MR) is 62.4 cm³/mol. The van der Waals surface area contributed by atoms with Gasteiger partial charge in [-0.15, -0.1) is 0 Å². The lowest BCUT2D eigenvalue weighted by molar-refractivity contribution is 0.218. The third-order valence-electron chi connectivity index (χ3n) is 2.28. The summed E-state index contributed by atoms with van der Waals surface area (Å²) in [6.45, 7) is 0. The normalized spacial score (nSPS) is 12.4. The second-order valence-corrected chi connectivity index (χ2v) is 4.12. The molecule has 0 saturated heterocycles. The SMILES string of the molecule is OC(c1cccnc1)c1cccc(F)c1Br. The molecule has 1 aromatic carbocycles. The molecule has 1 unspecified atom stereocenters. The molecule has 0 aliphatic rings. The molecule has 0 bridgehead atoms. The first-order valence-corrected chi connectivity index (χ1v) is 5.51. The summed E-state index contributed by atoms with van der Waals surface area (Å²) in [6, 6.07) is 8.05. The van der Waals surface area contributed by atoms with Gasteiger partial charge in [-0.05, 0) is 28.1 Å². The molecule has 0 saturated carbocycles. The molecule has 0 aliphatic carbocycles. The first kappa shape index (κ1) is 11.2. The van der Waals surface area contributed by atoms with Crippen molar-refractivity contribution in [3.63, 3.8) is 0 Å². The van der Waals surface area contributed by atoms with Crippen LogP contribution < -0.4 is 0 Å². The Morgan fingerprint density at radius 3 is 2.75 bits per heavy atom. The fourth-order valence-corrected chi connectivity index (χ4v) is 1.93. The van der Waals surface area contributed by atoms with Gasteiger partial charge in [0.25, 0.3) is 0 Å². The summed E-state index contributed by atoms with van der Waals surface area (Å²) >= 11 is 3.12. The van der Waals surface area contributed by atoms with E-state index in [1.165, 1.54) is 6.07 Å². The zero-order valence-electron chi connectivity index (χ0n) is 8.27. The lowest BCUT2D eigenvalue weighted by Gasteiger charge is -2.12. The van der Waals surface area contributed by atoms with Gasteiger partial charge < -0.3 is 5.11 Å². The number of aromatic nitrogens is 1. The second kappa shape index (κ2) is 4.72. The number of aliphatic hydroxyl groups excluding tert-OH is 1. The molecular formula is C12H9BrFNO. The van der Waals surface area contributed by atoms with Gasteiger partial charge in [-0.3, -0.25) is 4.98 Å². The molecule has 0 fully saturated rings. The molecule has 4 heteroatoms. The minimum Gasteiger partial charge on any atom is -0.384 e. The number of halogens is 2. The minimum atomic E-state index is -0.876. The van der Waals surface area contributed by atoms with Crippen molar-refractivity contribution < 1.29 is 9.50 Å². The molecular weight excluding hydrogens is 273 g/mol. The first-order valence-electron chi connectivity index (χ1n) is 4.72. The molecule has 82 valence electrons. The van der Waals surface area contributed by atoms with Crippen LogP contribution in [-0.2, 0) is 0 Å². The Labute approximate surface area is 101 Å². The Morgan fingerprint density at radius 1 is 1.25 bits per heavy atom. The van der Waals surface area contributed by atoms with E-state index in [9.17, 15) is 9.50 Å². The molecule has 0 amide bonds. The van der Waals surface area contributed by atoms with Crippen molar-refractivity contribution in [2.45, 2.75) is 6.10 Å². The molecule has 1 N–H and O–H groups in total. The van der Waals surface area contributed by atoms with Crippen molar-refractivity contribution in [2.75, 3.05) is 0 Å². The number of aliphatic hydroxyl groups is 1. The number of rotatable bonds is 2. The van der Waals surface area contributed by atoms with Crippen LogP contribution in [0.4, 0.5) is 4.39 Å². The van der Waals surface area contributed by atoms with E-state index in [2.05, 4.69) is 20.9 Å². The molecule has 1 heterocycles. The monoisotopic (exact) mass is 281 g/mol. The average molecular weight is 282 g/mol. The topological polar surface area (TPSA) is 33.1 Å². The fourth-order valence-electron chi connectivity index (χ4n) is 1.45. The van der Waals surface area contributed by atoms with Crippen molar-refractivity contribution in [2.24, 2.45) is 0 Å². The number of hydrogen-bond donors (Lipinski definition) is 1. The Kier molecular flexibility index (Phi) is 3.31. The summed E-state index contributed by atoms with van der Waals surface area (Å²) < 4.78 is 13.6. The van der Waals surface area contributed by atoms with Gasteiger partial charge in [0.05, 0.1) is 4.47 Å². The first-order chi connectivity index (χ1) is 7.70.